The maximum absolute atomic E-state index is 12.5. The monoisotopic (exact) mass is 799 g/mol. The number of quaternary nitrogens is 1. The number of hydrogen-bond donors (Lipinski definition) is 3. The molecule has 4 atom stereocenters. The van der Waals surface area contributed by atoms with E-state index in [1.165, 1.54) is 70.5 Å². The molecule has 1 unspecified atom stereocenters. The van der Waals surface area contributed by atoms with Gasteiger partial charge in [-0.1, -0.05) is 133 Å². The number of likely N-dealkylation sites (N-methyl/N-ethyl adjacent to an activating group) is 1. The number of allylic oxidation sites excluding steroid dienone is 8. The minimum Gasteiger partial charge on any atom is -0.492 e. The van der Waals surface area contributed by atoms with Gasteiger partial charge in [0.25, 0.3) is 0 Å². The molecule has 0 aromatic heterocycles. The van der Waals surface area contributed by atoms with Gasteiger partial charge in [-0.15, -0.1) is 0 Å². The molecule has 0 aromatic carbocycles. The van der Waals surface area contributed by atoms with E-state index >= 15 is 0 Å². The van der Waals surface area contributed by atoms with Crippen LogP contribution in [0.25, 0.3) is 0 Å². The van der Waals surface area contributed by atoms with Crippen molar-refractivity contribution >= 4 is 13.8 Å². The summed E-state index contributed by atoms with van der Waals surface area (Å²) in [4.78, 5) is 22.7. The van der Waals surface area contributed by atoms with Crippen LogP contribution in [0.4, 0.5) is 0 Å². The van der Waals surface area contributed by atoms with Gasteiger partial charge in [-0.25, -0.2) is 4.57 Å². The van der Waals surface area contributed by atoms with Crippen molar-refractivity contribution in [2.75, 3.05) is 47.5 Å². The number of aliphatic hydroxyl groups is 2. The first-order valence-electron chi connectivity index (χ1n) is 21.2. The number of aliphatic hydroxyl groups excluding tert-OH is 2. The van der Waals surface area contributed by atoms with Crippen molar-refractivity contribution in [1.29, 1.82) is 0 Å². The summed E-state index contributed by atoms with van der Waals surface area (Å²) in [7, 11) is 1.51. The smallest absolute Gasteiger partial charge is 0.472 e. The average Bonchev–Trinajstić information content (AvgIpc) is 3.13. The van der Waals surface area contributed by atoms with Gasteiger partial charge in [0.05, 0.1) is 46.2 Å². The molecule has 0 aromatic rings. The van der Waals surface area contributed by atoms with Crippen molar-refractivity contribution in [3.8, 4) is 0 Å². The van der Waals surface area contributed by atoms with Crippen molar-refractivity contribution < 1.29 is 47.5 Å². The number of carbonyl (C=O) groups excluding carboxylic acids is 1. The molecule has 55 heavy (non-hydrogen) atoms. The largest absolute Gasteiger partial charge is 0.492 e. The lowest BCUT2D eigenvalue weighted by Crippen LogP contribution is -2.37. The van der Waals surface area contributed by atoms with Crippen molar-refractivity contribution in [2.24, 2.45) is 0 Å². The molecule has 0 bridgehead atoms. The quantitative estimate of drug-likeness (QED) is 0.0139. The first-order chi connectivity index (χ1) is 26.4. The molecule has 10 nitrogen and oxygen atoms in total. The Morgan fingerprint density at radius 2 is 1.22 bits per heavy atom. The van der Waals surface area contributed by atoms with Crippen LogP contribution in [0.2, 0.25) is 0 Å². The Morgan fingerprint density at radius 3 is 1.78 bits per heavy atom. The Morgan fingerprint density at radius 1 is 0.673 bits per heavy atom. The van der Waals surface area contributed by atoms with E-state index < -0.39 is 32.1 Å². The van der Waals surface area contributed by atoms with Crippen LogP contribution in [0.15, 0.2) is 60.9 Å². The molecular weight excluding hydrogens is 717 g/mol. The lowest BCUT2D eigenvalue weighted by molar-refractivity contribution is -0.870. The summed E-state index contributed by atoms with van der Waals surface area (Å²) >= 11 is 0. The second kappa shape index (κ2) is 36.3. The Hall–Kier alpha value is -2.04. The summed E-state index contributed by atoms with van der Waals surface area (Å²) in [5, 5.41) is 20.7. The Labute approximate surface area is 336 Å². The molecule has 0 spiro atoms. The van der Waals surface area contributed by atoms with Crippen molar-refractivity contribution in [3.05, 3.63) is 60.9 Å². The minimum absolute atomic E-state index is 0.0424. The summed E-state index contributed by atoms with van der Waals surface area (Å²) in [5.74, 6) is -0.499. The molecule has 11 heteroatoms. The molecule has 0 aliphatic carbocycles. The van der Waals surface area contributed by atoms with Crippen LogP contribution in [0, 0.1) is 0 Å². The zero-order chi connectivity index (χ0) is 40.9. The van der Waals surface area contributed by atoms with Crippen LogP contribution >= 0.6 is 7.82 Å². The molecule has 0 aliphatic rings. The highest BCUT2D eigenvalue weighted by Crippen LogP contribution is 2.43. The topological polar surface area (TPSA) is 132 Å². The van der Waals surface area contributed by atoms with Gasteiger partial charge < -0.3 is 29.1 Å². The third-order valence-electron chi connectivity index (χ3n) is 8.88. The number of esters is 1. The van der Waals surface area contributed by atoms with Gasteiger partial charge in [-0.3, -0.25) is 13.8 Å². The van der Waals surface area contributed by atoms with Crippen LogP contribution < -0.4 is 0 Å². The molecule has 0 heterocycles. The van der Waals surface area contributed by atoms with E-state index in [-0.39, 0.29) is 32.7 Å². The fourth-order valence-corrected chi connectivity index (χ4v) is 6.13. The number of unbranched alkanes of at least 4 members (excludes halogenated alkanes) is 12. The van der Waals surface area contributed by atoms with E-state index in [4.69, 9.17) is 18.5 Å². The fraction of sp³-hybridized carbons (Fsp3) is 0.750. The van der Waals surface area contributed by atoms with Gasteiger partial charge in [0.15, 0.2) is 6.10 Å². The highest BCUT2D eigenvalue weighted by molar-refractivity contribution is 7.47. The number of rotatable bonds is 38. The first-order valence-corrected chi connectivity index (χ1v) is 22.7. The van der Waals surface area contributed by atoms with E-state index in [1.54, 1.807) is 0 Å². The van der Waals surface area contributed by atoms with Gasteiger partial charge in [-0.2, -0.15) is 0 Å². The zero-order valence-corrected chi connectivity index (χ0v) is 36.3. The molecule has 0 rings (SSSR count). The van der Waals surface area contributed by atoms with Crippen molar-refractivity contribution in [1.82, 2.24) is 0 Å². The van der Waals surface area contributed by atoms with Crippen LogP contribution in [0.5, 0.6) is 0 Å². The Balaban J connectivity index is 4.56. The summed E-state index contributed by atoms with van der Waals surface area (Å²) < 4.78 is 34.5. The standard InChI is InChI=1S/C44H80NO9P/c1-6-8-10-12-14-16-18-20-21-23-25-27-29-31-37-51-41(40-54-55(49,50)53-38-36-45(3,4)5)39-52-44(48)35-32-34-43(47)42(46)33-30-28-26-24-22-19-17-15-13-11-9-7-2/h9,11,15,17,22,24,28,30-31,37,41-43,46-47H,6-8,10,12-14,16,18-21,23,25-27,29,32-36,38-40H2,1-5H3/p+1/b11-9-,17-15-,24-22-,30-28-,37-31+/t41-,42+,43+/m1/s1. The number of ether oxygens (including phenoxy) is 2. The van der Waals surface area contributed by atoms with Gasteiger partial charge in [0.1, 0.15) is 19.8 Å². The minimum atomic E-state index is -4.33. The van der Waals surface area contributed by atoms with E-state index in [2.05, 4.69) is 50.3 Å². The van der Waals surface area contributed by atoms with Crippen LogP contribution in [-0.2, 0) is 27.9 Å². The molecule has 0 amide bonds. The molecule has 320 valence electrons. The van der Waals surface area contributed by atoms with E-state index in [0.29, 0.717) is 23.9 Å². The molecule has 0 fully saturated rings. The normalized spacial score (nSPS) is 15.5. The van der Waals surface area contributed by atoms with E-state index in [1.807, 2.05) is 39.4 Å². The lowest BCUT2D eigenvalue weighted by Gasteiger charge is -2.24. The molecule has 0 saturated carbocycles. The predicted octanol–water partition coefficient (Wildman–Crippen LogP) is 10.4. The highest BCUT2D eigenvalue weighted by Gasteiger charge is 2.26. The van der Waals surface area contributed by atoms with E-state index in [9.17, 15) is 24.5 Å². The molecule has 0 aliphatic heterocycles. The van der Waals surface area contributed by atoms with Crippen molar-refractivity contribution in [3.63, 3.8) is 0 Å². The van der Waals surface area contributed by atoms with Crippen molar-refractivity contribution in [2.45, 2.75) is 167 Å². The maximum Gasteiger partial charge on any atom is 0.472 e. The summed E-state index contributed by atoms with van der Waals surface area (Å²) in [6, 6.07) is 0. The number of nitrogens with zero attached hydrogens (tertiary/aromatic N) is 1. The number of hydrogen-bond acceptors (Lipinski definition) is 8. The molecule has 0 saturated heterocycles. The Kier molecular flexibility index (Phi) is 35.0. The number of phosphoric ester groups is 1. The van der Waals surface area contributed by atoms with Crippen LogP contribution in [0.1, 0.15) is 149 Å². The highest BCUT2D eigenvalue weighted by atomic mass is 31.2. The van der Waals surface area contributed by atoms with Crippen LogP contribution in [-0.4, -0.2) is 91.4 Å². The second-order valence-electron chi connectivity index (χ2n) is 15.4. The second-order valence-corrected chi connectivity index (χ2v) is 16.8. The van der Waals surface area contributed by atoms with Gasteiger partial charge >= 0.3 is 13.8 Å². The molecular formula is C44H81NO9P+. The van der Waals surface area contributed by atoms with Gasteiger partial charge in [-0.05, 0) is 63.9 Å². The number of carbonyl (C=O) groups is 1. The summed E-state index contributed by atoms with van der Waals surface area (Å²) in [6.45, 7) is 4.44. The average molecular weight is 799 g/mol. The number of phosphoric acid groups is 1. The van der Waals surface area contributed by atoms with Gasteiger partial charge in [0, 0.05) is 6.42 Å². The molecule has 3 N–H and O–H groups in total. The summed E-state index contributed by atoms with van der Waals surface area (Å²) in [5.41, 5.74) is 0. The predicted molar refractivity (Wildman–Crippen MR) is 226 cm³/mol. The SMILES string of the molecule is CC/C=C\C/C=C\C/C=C\C/C=C\C[C@H](O)[C@@H](O)CCCC(=O)OC[C@H](COP(=O)(O)OCC[N+](C)(C)C)O/C=C/CCCCCCCCCCCCCC. The maximum atomic E-state index is 12.5. The fourth-order valence-electron chi connectivity index (χ4n) is 5.39. The van der Waals surface area contributed by atoms with Gasteiger partial charge in [0.2, 0.25) is 0 Å². The van der Waals surface area contributed by atoms with Crippen LogP contribution in [0.3, 0.4) is 0 Å². The lowest BCUT2D eigenvalue weighted by atomic mass is 10.0. The zero-order valence-electron chi connectivity index (χ0n) is 35.4. The molecule has 0 radical (unpaired) electrons. The third-order valence-corrected chi connectivity index (χ3v) is 9.87. The first kappa shape index (κ1) is 53.0. The third kappa shape index (κ3) is 38.6. The van der Waals surface area contributed by atoms with E-state index in [0.717, 1.165) is 44.9 Å². The Bertz CT molecular complexity index is 1100. The summed E-state index contributed by atoms with van der Waals surface area (Å²) in [6.07, 6.45) is 38.1.